The number of methoxy groups -OCH3 is 2. The van der Waals surface area contributed by atoms with Gasteiger partial charge in [0.1, 0.15) is 22.1 Å². The third-order valence-corrected chi connectivity index (χ3v) is 6.74. The molecule has 0 saturated heterocycles. The number of aromatic nitrogens is 4. The number of ether oxygens (including phenoxy) is 3. The monoisotopic (exact) mass is 471 g/mol. The summed E-state index contributed by atoms with van der Waals surface area (Å²) in [5.74, 6) is 1.61. The van der Waals surface area contributed by atoms with Crippen LogP contribution in [0.4, 0.5) is 0 Å². The number of fused-ring (bicyclic) bond motifs is 1. The minimum Gasteiger partial charge on any atom is -0.497 e. The fourth-order valence-electron chi connectivity index (χ4n) is 3.53. The van der Waals surface area contributed by atoms with Crippen molar-refractivity contribution in [1.29, 1.82) is 0 Å². The molecular formula is C22H25N5O5S. The molecule has 0 aliphatic carbocycles. The zero-order chi connectivity index (χ0) is 23.6. The van der Waals surface area contributed by atoms with Crippen molar-refractivity contribution in [2.24, 2.45) is 0 Å². The molecular weight excluding hydrogens is 446 g/mol. The molecule has 0 aliphatic rings. The van der Waals surface area contributed by atoms with E-state index in [1.807, 2.05) is 37.4 Å². The van der Waals surface area contributed by atoms with Crippen molar-refractivity contribution >= 4 is 20.9 Å². The van der Waals surface area contributed by atoms with Crippen LogP contribution < -0.4 is 18.9 Å². The van der Waals surface area contributed by atoms with Gasteiger partial charge in [-0.25, -0.2) is 13.1 Å². The summed E-state index contributed by atoms with van der Waals surface area (Å²) < 4.78 is 46.9. The van der Waals surface area contributed by atoms with Crippen molar-refractivity contribution in [1.82, 2.24) is 24.5 Å². The van der Waals surface area contributed by atoms with Gasteiger partial charge in [0.2, 0.25) is 10.0 Å². The predicted octanol–water partition coefficient (Wildman–Crippen LogP) is 3.63. The summed E-state index contributed by atoms with van der Waals surface area (Å²) in [4.78, 5) is 3.10. The Morgan fingerprint density at radius 2 is 1.85 bits per heavy atom. The van der Waals surface area contributed by atoms with Gasteiger partial charge >= 0.3 is 6.01 Å². The Bertz CT molecular complexity index is 1380. The Kier molecular flexibility index (Phi) is 6.25. The fourth-order valence-corrected chi connectivity index (χ4v) is 4.92. The van der Waals surface area contributed by atoms with Gasteiger partial charge in [0.05, 0.1) is 20.3 Å². The van der Waals surface area contributed by atoms with Gasteiger partial charge in [-0.3, -0.25) is 4.57 Å². The van der Waals surface area contributed by atoms with Crippen LogP contribution in [0.5, 0.6) is 23.3 Å². The van der Waals surface area contributed by atoms with E-state index in [9.17, 15) is 8.42 Å². The maximum absolute atomic E-state index is 13.1. The molecule has 2 aromatic carbocycles. The van der Waals surface area contributed by atoms with E-state index < -0.39 is 16.1 Å². The molecule has 0 spiro atoms. The first kappa shape index (κ1) is 22.6. The second kappa shape index (κ2) is 9.12. The van der Waals surface area contributed by atoms with Gasteiger partial charge in [-0.2, -0.15) is 0 Å². The molecule has 10 nitrogen and oxygen atoms in total. The number of rotatable bonds is 9. The second-order valence-corrected chi connectivity index (χ2v) is 8.96. The van der Waals surface area contributed by atoms with E-state index in [2.05, 4.69) is 19.9 Å². The van der Waals surface area contributed by atoms with Crippen molar-refractivity contribution < 1.29 is 22.6 Å². The fraction of sp³-hybridized carbons (Fsp3) is 0.273. The molecule has 4 aromatic rings. The topological polar surface area (TPSA) is 120 Å². The number of benzene rings is 2. The minimum absolute atomic E-state index is 0.0329. The first-order valence-electron chi connectivity index (χ1n) is 10.3. The van der Waals surface area contributed by atoms with Crippen molar-refractivity contribution in [2.45, 2.75) is 31.3 Å². The molecule has 0 saturated carbocycles. The van der Waals surface area contributed by atoms with Gasteiger partial charge in [0.25, 0.3) is 0 Å². The van der Waals surface area contributed by atoms with E-state index >= 15 is 0 Å². The van der Waals surface area contributed by atoms with Crippen molar-refractivity contribution in [3.63, 3.8) is 0 Å². The lowest BCUT2D eigenvalue weighted by atomic mass is 10.2. The van der Waals surface area contributed by atoms with E-state index in [4.69, 9.17) is 14.2 Å². The van der Waals surface area contributed by atoms with Crippen LogP contribution >= 0.6 is 0 Å². The molecule has 0 amide bonds. The summed E-state index contributed by atoms with van der Waals surface area (Å²) in [5.41, 5.74) is 0.934. The zero-order valence-corrected chi connectivity index (χ0v) is 19.5. The van der Waals surface area contributed by atoms with Gasteiger partial charge < -0.3 is 19.2 Å². The zero-order valence-electron chi connectivity index (χ0n) is 18.7. The summed E-state index contributed by atoms with van der Waals surface area (Å²) in [7, 11) is -1.08. The van der Waals surface area contributed by atoms with E-state index in [1.54, 1.807) is 23.6 Å². The molecule has 0 aliphatic heterocycles. The van der Waals surface area contributed by atoms with Crippen LogP contribution in [0.15, 0.2) is 53.6 Å². The highest BCUT2D eigenvalue weighted by atomic mass is 32.2. The summed E-state index contributed by atoms with van der Waals surface area (Å²) in [5, 5.41) is 9.39. The van der Waals surface area contributed by atoms with Crippen molar-refractivity contribution in [3.05, 3.63) is 54.5 Å². The molecule has 33 heavy (non-hydrogen) atoms. The van der Waals surface area contributed by atoms with Gasteiger partial charge in [-0.05, 0) is 49.6 Å². The first-order valence-corrected chi connectivity index (χ1v) is 11.8. The molecule has 0 radical (unpaired) electrons. The molecule has 2 N–H and O–H groups in total. The van der Waals surface area contributed by atoms with Gasteiger partial charge in [0, 0.05) is 30.4 Å². The van der Waals surface area contributed by atoms with Gasteiger partial charge in [0.15, 0.2) is 5.82 Å². The molecule has 2 aromatic heterocycles. The smallest absolute Gasteiger partial charge is 0.322 e. The average molecular weight is 472 g/mol. The molecule has 4 rings (SSSR count). The summed E-state index contributed by atoms with van der Waals surface area (Å²) >= 11 is 0. The number of sulfonamides is 1. The maximum Gasteiger partial charge on any atom is 0.322 e. The molecule has 1 atom stereocenters. The quantitative estimate of drug-likeness (QED) is 0.382. The van der Waals surface area contributed by atoms with Crippen LogP contribution in [0.1, 0.15) is 25.7 Å². The van der Waals surface area contributed by atoms with Crippen LogP contribution in [-0.2, 0) is 16.6 Å². The highest BCUT2D eigenvalue weighted by molar-refractivity contribution is 7.89. The maximum atomic E-state index is 13.1. The normalized spacial score (nSPS) is 12.6. The number of hydrogen-bond donors (Lipinski definition) is 2. The molecule has 2 heterocycles. The van der Waals surface area contributed by atoms with Crippen LogP contribution in [0.2, 0.25) is 0 Å². The summed E-state index contributed by atoms with van der Waals surface area (Å²) in [6.45, 7) is 4.08. The number of nitrogens with one attached hydrogen (secondary N) is 2. The minimum atomic E-state index is -3.96. The Morgan fingerprint density at radius 3 is 2.58 bits per heavy atom. The molecule has 0 fully saturated rings. The average Bonchev–Trinajstić information content (AvgIpc) is 3.44. The van der Waals surface area contributed by atoms with Crippen LogP contribution in [0.25, 0.3) is 10.9 Å². The Hall–Kier alpha value is -3.57. The second-order valence-electron chi connectivity index (χ2n) is 7.27. The van der Waals surface area contributed by atoms with Crippen molar-refractivity contribution in [3.8, 4) is 23.3 Å². The SMILES string of the molecule is CCn1c(Oc2ccc3cc[nH]c3c2)nnc1[C@@H](C)NS(=O)(=O)c1cc(OC)ccc1OC. The number of hydrogen-bond acceptors (Lipinski definition) is 7. The lowest BCUT2D eigenvalue weighted by Gasteiger charge is -2.17. The standard InChI is InChI=1S/C22H25N5O5S/c1-5-27-21(24-25-22(27)32-17-7-6-15-10-11-23-18(15)12-17)14(2)26-33(28,29)20-13-16(30-3)8-9-19(20)31-4/h6-14,23,26H,5H2,1-4H3/t14-/m1/s1. The van der Waals surface area contributed by atoms with Crippen LogP contribution in [-0.4, -0.2) is 42.4 Å². The van der Waals surface area contributed by atoms with Crippen molar-refractivity contribution in [2.75, 3.05) is 14.2 Å². The third kappa shape index (κ3) is 4.50. The Balaban J connectivity index is 1.60. The molecule has 0 unspecified atom stereocenters. The van der Waals surface area contributed by atoms with E-state index in [0.29, 0.717) is 23.9 Å². The highest BCUT2D eigenvalue weighted by Crippen LogP contribution is 2.30. The van der Waals surface area contributed by atoms with Crippen LogP contribution in [0, 0.1) is 0 Å². The van der Waals surface area contributed by atoms with Gasteiger partial charge in [-0.15, -0.1) is 5.10 Å². The number of nitrogens with zero attached hydrogens (tertiary/aromatic N) is 3. The lowest BCUT2D eigenvalue weighted by molar-refractivity contribution is 0.391. The summed E-state index contributed by atoms with van der Waals surface area (Å²) in [6, 6.07) is 11.8. The van der Waals surface area contributed by atoms with E-state index in [1.165, 1.54) is 20.3 Å². The summed E-state index contributed by atoms with van der Waals surface area (Å²) in [6.07, 6.45) is 1.85. The highest BCUT2D eigenvalue weighted by Gasteiger charge is 2.27. The Morgan fingerprint density at radius 1 is 1.06 bits per heavy atom. The van der Waals surface area contributed by atoms with Crippen LogP contribution in [0.3, 0.4) is 0 Å². The lowest BCUT2D eigenvalue weighted by Crippen LogP contribution is -2.29. The Labute approximate surface area is 191 Å². The van der Waals surface area contributed by atoms with Gasteiger partial charge in [-0.1, -0.05) is 5.10 Å². The number of H-pyrrole nitrogens is 1. The molecule has 11 heteroatoms. The molecule has 174 valence electrons. The largest absolute Gasteiger partial charge is 0.497 e. The third-order valence-electron chi connectivity index (χ3n) is 5.18. The predicted molar refractivity (Wildman–Crippen MR) is 122 cm³/mol. The van der Waals surface area contributed by atoms with E-state index in [-0.39, 0.29) is 16.7 Å². The van der Waals surface area contributed by atoms with E-state index in [0.717, 1.165) is 10.9 Å². The first-order chi connectivity index (χ1) is 15.9. The molecule has 0 bridgehead atoms. The number of aromatic amines is 1.